The van der Waals surface area contributed by atoms with E-state index >= 15 is 0 Å². The summed E-state index contributed by atoms with van der Waals surface area (Å²) in [6.45, 7) is 11.2. The minimum absolute atomic E-state index is 0.157. The van der Waals surface area contributed by atoms with E-state index in [1.807, 2.05) is 0 Å². The van der Waals surface area contributed by atoms with E-state index in [4.69, 9.17) is 12.2 Å². The van der Waals surface area contributed by atoms with Gasteiger partial charge in [0.1, 0.15) is 0 Å². The first-order valence-electron chi connectivity index (χ1n) is 10.4. The third-order valence-corrected chi connectivity index (χ3v) is 5.82. The first kappa shape index (κ1) is 20.7. The minimum Gasteiger partial charge on any atom is -0.371 e. The SMILES string of the molecule is CC(C)c1ccc(NC(=S)N[C@@H](C)c2ccc(N3CCC[C@@H](C)C3)cc2)cc1. The summed E-state index contributed by atoms with van der Waals surface area (Å²) in [5, 5.41) is 7.34. The third kappa shape index (κ3) is 5.48. The second-order valence-electron chi connectivity index (χ2n) is 8.38. The fourth-order valence-corrected chi connectivity index (χ4v) is 4.09. The molecule has 2 aromatic carbocycles. The van der Waals surface area contributed by atoms with Crippen LogP contribution in [0.25, 0.3) is 0 Å². The standard InChI is InChI=1S/C24H33N3S/c1-17(2)20-7-11-22(12-8-20)26-24(28)25-19(4)21-9-13-23(14-10-21)27-15-5-6-18(3)16-27/h7-14,17-19H,5-6,15-16H2,1-4H3,(H2,25,26,28)/t18-,19+/m1/s1. The molecular weight excluding hydrogens is 362 g/mol. The van der Waals surface area contributed by atoms with E-state index in [9.17, 15) is 0 Å². The van der Waals surface area contributed by atoms with E-state index < -0.39 is 0 Å². The van der Waals surface area contributed by atoms with Crippen LogP contribution in [0.3, 0.4) is 0 Å². The van der Waals surface area contributed by atoms with Gasteiger partial charge < -0.3 is 15.5 Å². The maximum absolute atomic E-state index is 5.51. The molecule has 0 unspecified atom stereocenters. The van der Waals surface area contributed by atoms with Gasteiger partial charge in [-0.2, -0.15) is 0 Å². The summed E-state index contributed by atoms with van der Waals surface area (Å²) < 4.78 is 0. The molecule has 2 N–H and O–H groups in total. The van der Waals surface area contributed by atoms with Crippen molar-refractivity contribution < 1.29 is 0 Å². The molecule has 1 saturated heterocycles. The van der Waals surface area contributed by atoms with Gasteiger partial charge in [0.25, 0.3) is 0 Å². The lowest BCUT2D eigenvalue weighted by Gasteiger charge is -2.33. The van der Waals surface area contributed by atoms with Gasteiger partial charge in [0.2, 0.25) is 0 Å². The van der Waals surface area contributed by atoms with Crippen LogP contribution in [0.2, 0.25) is 0 Å². The van der Waals surface area contributed by atoms with Gasteiger partial charge in [0.05, 0.1) is 6.04 Å². The zero-order valence-electron chi connectivity index (χ0n) is 17.5. The Morgan fingerprint density at radius 2 is 1.64 bits per heavy atom. The highest BCUT2D eigenvalue weighted by molar-refractivity contribution is 7.80. The highest BCUT2D eigenvalue weighted by atomic mass is 32.1. The molecule has 1 aliphatic rings. The zero-order valence-corrected chi connectivity index (χ0v) is 18.4. The third-order valence-electron chi connectivity index (χ3n) is 5.60. The van der Waals surface area contributed by atoms with Crippen molar-refractivity contribution in [3.63, 3.8) is 0 Å². The maximum atomic E-state index is 5.51. The zero-order chi connectivity index (χ0) is 20.1. The van der Waals surface area contributed by atoms with Crippen LogP contribution in [0.15, 0.2) is 48.5 Å². The summed E-state index contributed by atoms with van der Waals surface area (Å²) in [6, 6.07) is 17.5. The molecule has 0 radical (unpaired) electrons. The van der Waals surface area contributed by atoms with Crippen LogP contribution in [-0.2, 0) is 0 Å². The molecule has 150 valence electrons. The summed E-state index contributed by atoms with van der Waals surface area (Å²) in [7, 11) is 0. The van der Waals surface area contributed by atoms with Gasteiger partial charge in [-0.15, -0.1) is 0 Å². The number of piperidine rings is 1. The second-order valence-corrected chi connectivity index (χ2v) is 8.79. The molecule has 0 aliphatic carbocycles. The van der Waals surface area contributed by atoms with E-state index in [0.29, 0.717) is 11.0 Å². The normalized spacial score (nSPS) is 18.0. The molecule has 4 heteroatoms. The average molecular weight is 396 g/mol. The Morgan fingerprint density at radius 3 is 2.25 bits per heavy atom. The summed E-state index contributed by atoms with van der Waals surface area (Å²) in [5.74, 6) is 1.32. The highest BCUT2D eigenvalue weighted by Gasteiger charge is 2.17. The summed E-state index contributed by atoms with van der Waals surface area (Å²) >= 11 is 5.51. The second kappa shape index (κ2) is 9.42. The fraction of sp³-hybridized carbons (Fsp3) is 0.458. The topological polar surface area (TPSA) is 27.3 Å². The molecule has 1 aliphatic heterocycles. The van der Waals surface area contributed by atoms with Gasteiger partial charge in [-0.25, -0.2) is 0 Å². The van der Waals surface area contributed by atoms with Crippen LogP contribution in [0, 0.1) is 5.92 Å². The van der Waals surface area contributed by atoms with Crippen LogP contribution in [0.4, 0.5) is 11.4 Å². The van der Waals surface area contributed by atoms with Crippen LogP contribution in [0.5, 0.6) is 0 Å². The molecule has 1 fully saturated rings. The van der Waals surface area contributed by atoms with Crippen molar-refractivity contribution in [2.75, 3.05) is 23.3 Å². The Hall–Kier alpha value is -2.07. The minimum atomic E-state index is 0.157. The smallest absolute Gasteiger partial charge is 0.171 e. The number of nitrogens with zero attached hydrogens (tertiary/aromatic N) is 1. The number of rotatable bonds is 5. The van der Waals surface area contributed by atoms with Gasteiger partial charge in [-0.1, -0.05) is 45.0 Å². The molecule has 3 rings (SSSR count). The lowest BCUT2D eigenvalue weighted by molar-refractivity contribution is 0.447. The van der Waals surface area contributed by atoms with Crippen LogP contribution in [-0.4, -0.2) is 18.2 Å². The molecule has 0 spiro atoms. The number of nitrogens with one attached hydrogen (secondary N) is 2. The van der Waals surface area contributed by atoms with Crippen molar-refractivity contribution in [2.24, 2.45) is 5.92 Å². The van der Waals surface area contributed by atoms with Crippen LogP contribution in [0.1, 0.15) is 63.6 Å². The lowest BCUT2D eigenvalue weighted by Crippen LogP contribution is -2.34. The van der Waals surface area contributed by atoms with E-state index in [1.165, 1.54) is 36.2 Å². The van der Waals surface area contributed by atoms with Crippen molar-refractivity contribution in [3.05, 3.63) is 59.7 Å². The molecule has 0 amide bonds. The number of hydrogen-bond acceptors (Lipinski definition) is 2. The highest BCUT2D eigenvalue weighted by Crippen LogP contribution is 2.25. The molecule has 3 nitrogen and oxygen atoms in total. The van der Waals surface area contributed by atoms with Gasteiger partial charge in [0, 0.05) is 24.5 Å². The molecule has 0 saturated carbocycles. The predicted octanol–water partition coefficient (Wildman–Crippen LogP) is 6.09. The molecule has 1 heterocycles. The summed E-state index contributed by atoms with van der Waals surface area (Å²) in [5.41, 5.74) is 4.92. The van der Waals surface area contributed by atoms with Crippen molar-refractivity contribution >= 4 is 28.7 Å². The quantitative estimate of drug-likeness (QED) is 0.599. The Labute approximate surface area is 175 Å². The van der Waals surface area contributed by atoms with Gasteiger partial charge in [-0.3, -0.25) is 0 Å². The monoisotopic (exact) mass is 395 g/mol. The predicted molar refractivity (Wildman–Crippen MR) is 125 cm³/mol. The number of benzene rings is 2. The first-order valence-corrected chi connectivity index (χ1v) is 10.9. The average Bonchev–Trinajstić information content (AvgIpc) is 2.68. The van der Waals surface area contributed by atoms with Gasteiger partial charge in [0.15, 0.2) is 5.11 Å². The summed E-state index contributed by atoms with van der Waals surface area (Å²) in [4.78, 5) is 2.50. The Morgan fingerprint density at radius 1 is 1.00 bits per heavy atom. The van der Waals surface area contributed by atoms with E-state index in [-0.39, 0.29) is 6.04 Å². The molecule has 2 atom stereocenters. The van der Waals surface area contributed by atoms with Crippen LogP contribution < -0.4 is 15.5 Å². The maximum Gasteiger partial charge on any atom is 0.171 e. The Balaban J connectivity index is 1.54. The van der Waals surface area contributed by atoms with E-state index in [1.54, 1.807) is 0 Å². The van der Waals surface area contributed by atoms with E-state index in [0.717, 1.165) is 18.2 Å². The molecule has 2 aromatic rings. The number of hydrogen-bond donors (Lipinski definition) is 2. The first-order chi connectivity index (χ1) is 13.4. The number of thiocarbonyl (C=S) groups is 1. The van der Waals surface area contributed by atoms with Crippen molar-refractivity contribution in [2.45, 2.75) is 52.5 Å². The summed E-state index contributed by atoms with van der Waals surface area (Å²) in [6.07, 6.45) is 2.64. The van der Waals surface area contributed by atoms with E-state index in [2.05, 4.69) is 91.8 Å². The van der Waals surface area contributed by atoms with Crippen molar-refractivity contribution in [1.29, 1.82) is 0 Å². The molecule has 0 bridgehead atoms. The van der Waals surface area contributed by atoms with Gasteiger partial charge in [-0.05, 0) is 79.2 Å². The lowest BCUT2D eigenvalue weighted by atomic mass is 9.99. The molecule has 28 heavy (non-hydrogen) atoms. The van der Waals surface area contributed by atoms with Crippen LogP contribution >= 0.6 is 12.2 Å². The van der Waals surface area contributed by atoms with Gasteiger partial charge >= 0.3 is 0 Å². The number of anilines is 2. The largest absolute Gasteiger partial charge is 0.371 e. The van der Waals surface area contributed by atoms with Crippen molar-refractivity contribution in [1.82, 2.24) is 5.32 Å². The molecular formula is C24H33N3S. The van der Waals surface area contributed by atoms with Crippen molar-refractivity contribution in [3.8, 4) is 0 Å². The Kier molecular flexibility index (Phi) is 6.95. The Bertz CT molecular complexity index is 767. The molecule has 0 aromatic heterocycles. The fourth-order valence-electron chi connectivity index (χ4n) is 3.80.